The van der Waals surface area contributed by atoms with Crippen molar-refractivity contribution in [3.05, 3.63) is 29.8 Å². The Morgan fingerprint density at radius 2 is 2.05 bits per heavy atom. The predicted octanol–water partition coefficient (Wildman–Crippen LogP) is 1.80. The first-order chi connectivity index (χ1) is 9.65. The summed E-state index contributed by atoms with van der Waals surface area (Å²) in [5.41, 5.74) is 1.19. The number of anilines is 1. The number of carbonyl (C=O) groups is 2. The highest BCUT2D eigenvalue weighted by atomic mass is 16.5. The molecule has 0 spiro atoms. The lowest BCUT2D eigenvalue weighted by Crippen LogP contribution is -2.32. The van der Waals surface area contributed by atoms with Gasteiger partial charge in [-0.05, 0) is 37.0 Å². The van der Waals surface area contributed by atoms with E-state index in [4.69, 9.17) is 4.74 Å². The number of rotatable bonds is 4. The largest absolute Gasteiger partial charge is 0.381 e. The van der Waals surface area contributed by atoms with Gasteiger partial charge in [-0.1, -0.05) is 6.07 Å². The van der Waals surface area contributed by atoms with E-state index < -0.39 is 0 Å². The normalized spacial score (nSPS) is 15.7. The molecular weight excluding hydrogens is 256 g/mol. The van der Waals surface area contributed by atoms with Crippen molar-refractivity contribution < 1.29 is 14.3 Å². The van der Waals surface area contributed by atoms with Crippen LogP contribution in [-0.2, 0) is 9.53 Å². The summed E-state index contributed by atoms with van der Waals surface area (Å²) >= 11 is 0. The van der Waals surface area contributed by atoms with Gasteiger partial charge < -0.3 is 15.4 Å². The van der Waals surface area contributed by atoms with Crippen LogP contribution in [0.5, 0.6) is 0 Å². The molecule has 5 nitrogen and oxygen atoms in total. The van der Waals surface area contributed by atoms with Crippen molar-refractivity contribution in [2.75, 3.05) is 25.1 Å². The van der Waals surface area contributed by atoms with Crippen molar-refractivity contribution in [3.63, 3.8) is 0 Å². The Morgan fingerprint density at radius 1 is 1.30 bits per heavy atom. The van der Waals surface area contributed by atoms with E-state index in [0.29, 0.717) is 23.7 Å². The van der Waals surface area contributed by atoms with E-state index in [1.54, 1.807) is 24.3 Å². The first kappa shape index (κ1) is 14.5. The lowest BCUT2D eigenvalue weighted by Gasteiger charge is -2.22. The summed E-state index contributed by atoms with van der Waals surface area (Å²) in [5.74, 6) is 0.236. The highest BCUT2D eigenvalue weighted by molar-refractivity contribution is 5.96. The summed E-state index contributed by atoms with van der Waals surface area (Å²) in [4.78, 5) is 23.1. The molecule has 1 aliphatic rings. The van der Waals surface area contributed by atoms with Crippen molar-refractivity contribution in [2.24, 2.45) is 5.92 Å². The smallest absolute Gasteiger partial charge is 0.251 e. The van der Waals surface area contributed by atoms with Gasteiger partial charge in [0.05, 0.1) is 0 Å². The molecular formula is C15H20N2O3. The third-order valence-electron chi connectivity index (χ3n) is 3.34. The predicted molar refractivity (Wildman–Crippen MR) is 76.6 cm³/mol. The van der Waals surface area contributed by atoms with Gasteiger partial charge in [-0.3, -0.25) is 9.59 Å². The van der Waals surface area contributed by atoms with Gasteiger partial charge in [0.1, 0.15) is 0 Å². The lowest BCUT2D eigenvalue weighted by molar-refractivity contribution is -0.114. The van der Waals surface area contributed by atoms with Gasteiger partial charge in [0.25, 0.3) is 5.91 Å². The minimum Gasteiger partial charge on any atom is -0.381 e. The molecule has 0 unspecified atom stereocenters. The Kier molecular flexibility index (Phi) is 5.12. The molecule has 2 amide bonds. The second-order valence-corrected chi connectivity index (χ2v) is 5.03. The average Bonchev–Trinajstić information content (AvgIpc) is 2.45. The summed E-state index contributed by atoms with van der Waals surface area (Å²) in [7, 11) is 0. The van der Waals surface area contributed by atoms with Crippen molar-refractivity contribution in [3.8, 4) is 0 Å². The summed E-state index contributed by atoms with van der Waals surface area (Å²) in [6.45, 7) is 3.67. The van der Waals surface area contributed by atoms with Gasteiger partial charge >= 0.3 is 0 Å². The minimum atomic E-state index is -0.148. The molecule has 2 N–H and O–H groups in total. The fourth-order valence-corrected chi connectivity index (χ4v) is 2.23. The van der Waals surface area contributed by atoms with Gasteiger partial charge in [-0.2, -0.15) is 0 Å². The first-order valence-corrected chi connectivity index (χ1v) is 6.89. The van der Waals surface area contributed by atoms with Crippen molar-refractivity contribution in [1.29, 1.82) is 0 Å². The first-order valence-electron chi connectivity index (χ1n) is 6.89. The zero-order valence-corrected chi connectivity index (χ0v) is 11.6. The van der Waals surface area contributed by atoms with Gasteiger partial charge in [-0.25, -0.2) is 0 Å². The summed E-state index contributed by atoms with van der Waals surface area (Å²) in [6.07, 6.45) is 1.98. The number of benzene rings is 1. The number of hydrogen-bond donors (Lipinski definition) is 2. The van der Waals surface area contributed by atoms with Crippen LogP contribution in [0, 0.1) is 5.92 Å². The molecule has 0 aliphatic carbocycles. The Morgan fingerprint density at radius 3 is 2.75 bits per heavy atom. The van der Waals surface area contributed by atoms with Crippen LogP contribution in [0.15, 0.2) is 24.3 Å². The quantitative estimate of drug-likeness (QED) is 0.881. The molecule has 5 heteroatoms. The molecule has 0 aromatic heterocycles. The molecule has 0 atom stereocenters. The van der Waals surface area contributed by atoms with Crippen LogP contribution in [0.2, 0.25) is 0 Å². The molecule has 1 saturated heterocycles. The highest BCUT2D eigenvalue weighted by Crippen LogP contribution is 2.14. The average molecular weight is 276 g/mol. The SMILES string of the molecule is CC(=O)Nc1cccc(C(=O)NCC2CCOCC2)c1. The van der Waals surface area contributed by atoms with Crippen molar-refractivity contribution in [1.82, 2.24) is 5.32 Å². The van der Waals surface area contributed by atoms with Gasteiger partial charge in [0, 0.05) is 37.9 Å². The maximum Gasteiger partial charge on any atom is 0.251 e. The fourth-order valence-electron chi connectivity index (χ4n) is 2.23. The van der Waals surface area contributed by atoms with Crippen LogP contribution in [-0.4, -0.2) is 31.6 Å². The Labute approximate surface area is 118 Å². The Bertz CT molecular complexity index is 482. The minimum absolute atomic E-state index is 0.108. The van der Waals surface area contributed by atoms with Gasteiger partial charge in [0.15, 0.2) is 0 Å². The van der Waals surface area contributed by atoms with Crippen LogP contribution in [0.4, 0.5) is 5.69 Å². The molecule has 20 heavy (non-hydrogen) atoms. The number of hydrogen-bond acceptors (Lipinski definition) is 3. The molecule has 2 rings (SSSR count). The van der Waals surface area contributed by atoms with E-state index in [2.05, 4.69) is 10.6 Å². The van der Waals surface area contributed by atoms with Gasteiger partial charge in [-0.15, -0.1) is 0 Å². The summed E-state index contributed by atoms with van der Waals surface area (Å²) in [5, 5.41) is 5.61. The zero-order valence-electron chi connectivity index (χ0n) is 11.6. The number of nitrogens with one attached hydrogen (secondary N) is 2. The van der Waals surface area contributed by atoms with Crippen LogP contribution in [0.1, 0.15) is 30.1 Å². The van der Waals surface area contributed by atoms with E-state index in [-0.39, 0.29) is 11.8 Å². The number of amides is 2. The lowest BCUT2D eigenvalue weighted by atomic mass is 10.0. The number of carbonyl (C=O) groups excluding carboxylic acids is 2. The molecule has 108 valence electrons. The Hall–Kier alpha value is -1.88. The topological polar surface area (TPSA) is 67.4 Å². The van der Waals surface area contributed by atoms with E-state index >= 15 is 0 Å². The van der Waals surface area contributed by atoms with E-state index in [1.165, 1.54) is 6.92 Å². The highest BCUT2D eigenvalue weighted by Gasteiger charge is 2.15. The summed E-state index contributed by atoms with van der Waals surface area (Å²) in [6, 6.07) is 6.94. The van der Waals surface area contributed by atoms with Crippen LogP contribution >= 0.6 is 0 Å². The fraction of sp³-hybridized carbons (Fsp3) is 0.467. The van der Waals surface area contributed by atoms with Crippen LogP contribution in [0.25, 0.3) is 0 Å². The second kappa shape index (κ2) is 7.05. The third kappa shape index (κ3) is 4.35. The maximum absolute atomic E-state index is 12.1. The van der Waals surface area contributed by atoms with E-state index in [9.17, 15) is 9.59 Å². The Balaban J connectivity index is 1.89. The molecule has 0 radical (unpaired) electrons. The van der Waals surface area contributed by atoms with E-state index in [0.717, 1.165) is 26.1 Å². The van der Waals surface area contributed by atoms with Crippen LogP contribution < -0.4 is 10.6 Å². The summed E-state index contributed by atoms with van der Waals surface area (Å²) < 4.78 is 5.29. The number of ether oxygens (including phenoxy) is 1. The molecule has 1 aromatic carbocycles. The molecule has 1 aromatic rings. The molecule has 1 fully saturated rings. The zero-order chi connectivity index (χ0) is 14.4. The maximum atomic E-state index is 12.1. The molecule has 0 saturated carbocycles. The molecule has 1 heterocycles. The van der Waals surface area contributed by atoms with Crippen molar-refractivity contribution >= 4 is 17.5 Å². The molecule has 0 bridgehead atoms. The van der Waals surface area contributed by atoms with Crippen molar-refractivity contribution in [2.45, 2.75) is 19.8 Å². The monoisotopic (exact) mass is 276 g/mol. The second-order valence-electron chi connectivity index (χ2n) is 5.03. The third-order valence-corrected chi connectivity index (χ3v) is 3.34. The van der Waals surface area contributed by atoms with Gasteiger partial charge in [0.2, 0.25) is 5.91 Å². The van der Waals surface area contributed by atoms with E-state index in [1.807, 2.05) is 0 Å². The molecule has 1 aliphatic heterocycles. The van der Waals surface area contributed by atoms with Crippen LogP contribution in [0.3, 0.4) is 0 Å². The standard InChI is InChI=1S/C15H20N2O3/c1-11(18)17-14-4-2-3-13(9-14)15(19)16-10-12-5-7-20-8-6-12/h2-4,9,12H,5-8,10H2,1H3,(H,16,19)(H,17,18).